The minimum atomic E-state index is -1.08. The molecule has 0 saturated carbocycles. The molecule has 0 fully saturated rings. The van der Waals surface area contributed by atoms with Crippen molar-refractivity contribution >= 4 is 30.4 Å². The molecule has 2 atom stereocenters. The van der Waals surface area contributed by atoms with E-state index in [0.717, 1.165) is 5.56 Å². The number of aliphatic carboxylic acids is 1. The number of alkyl carbamates (subject to hydrolysis) is 1. The van der Waals surface area contributed by atoms with Crippen LogP contribution in [0.15, 0.2) is 54.9 Å². The van der Waals surface area contributed by atoms with Gasteiger partial charge in [0, 0.05) is 18.2 Å². The molecule has 0 saturated heterocycles. The summed E-state index contributed by atoms with van der Waals surface area (Å²) in [6.07, 6.45) is 4.95. The average Bonchev–Trinajstić information content (AvgIpc) is 2.78. The second-order valence-electron chi connectivity index (χ2n) is 7.55. The van der Waals surface area contributed by atoms with Crippen molar-refractivity contribution in [3.05, 3.63) is 66.0 Å². The first-order chi connectivity index (χ1) is 15.4. The lowest BCUT2D eigenvalue weighted by Gasteiger charge is -2.14. The zero-order chi connectivity index (χ0) is 23.3. The number of pyridine rings is 1. The van der Waals surface area contributed by atoms with Gasteiger partial charge in [-0.05, 0) is 44.7 Å². The number of carbonyl (C=O) groups excluding carboxylic acids is 2. The van der Waals surface area contributed by atoms with Crippen LogP contribution in [0.2, 0.25) is 0 Å². The fourth-order valence-electron chi connectivity index (χ4n) is 3.08. The van der Waals surface area contributed by atoms with E-state index in [4.69, 9.17) is 10.5 Å². The number of hydrogen-bond donors (Lipinski definition) is 4. The number of hydrogen-bond acceptors (Lipinski definition) is 5. The van der Waals surface area contributed by atoms with Gasteiger partial charge in [0.1, 0.15) is 6.04 Å². The molecular formula is C23H32Cl2N4O5. The maximum atomic E-state index is 12.3. The maximum absolute atomic E-state index is 12.3. The molecule has 34 heavy (non-hydrogen) atoms. The smallest absolute Gasteiger partial charge is 0.412 e. The Morgan fingerprint density at radius 3 is 2.29 bits per heavy atom. The number of benzene rings is 1. The molecule has 0 aliphatic rings. The second kappa shape index (κ2) is 16.7. The Labute approximate surface area is 211 Å². The van der Waals surface area contributed by atoms with Crippen molar-refractivity contribution < 1.29 is 41.2 Å². The monoisotopic (exact) mass is 514 g/mol. The Kier molecular flexibility index (Phi) is 15.3. The molecule has 11 heteroatoms. The number of amides is 2. The highest BCUT2D eigenvalue weighted by Gasteiger charge is 2.20. The largest absolute Gasteiger partial charge is 1.00 e. The second-order valence-corrected chi connectivity index (χ2v) is 7.55. The predicted octanol–water partition coefficient (Wildman–Crippen LogP) is -0.973. The Balaban J connectivity index is 0.00000544. The number of halogens is 2. The van der Waals surface area contributed by atoms with E-state index in [-0.39, 0.29) is 37.6 Å². The lowest BCUT2D eigenvalue weighted by Crippen LogP contribution is -3.00. The van der Waals surface area contributed by atoms with Gasteiger partial charge in [0.2, 0.25) is 0 Å². The molecular weight excluding hydrogens is 483 g/mol. The summed E-state index contributed by atoms with van der Waals surface area (Å²) in [4.78, 5) is 35.7. The van der Waals surface area contributed by atoms with E-state index in [1.54, 1.807) is 17.0 Å². The number of ether oxygens (including phenoxy) is 1. The third kappa shape index (κ3) is 11.3. The minimum Gasteiger partial charge on any atom is -1.00 e. The van der Waals surface area contributed by atoms with Gasteiger partial charge in [0.25, 0.3) is 12.6 Å². The van der Waals surface area contributed by atoms with Gasteiger partial charge in [-0.2, -0.15) is 4.57 Å². The highest BCUT2D eigenvalue weighted by molar-refractivity contribution is 5.96. The fourth-order valence-corrected chi connectivity index (χ4v) is 3.08. The van der Waals surface area contributed by atoms with Crippen molar-refractivity contribution in [1.29, 1.82) is 0 Å². The number of rotatable bonds is 12. The number of carboxylic acid groups (broad SMARTS) is 1. The third-order valence-corrected chi connectivity index (χ3v) is 4.80. The molecule has 2 amide bonds. The van der Waals surface area contributed by atoms with Crippen LogP contribution in [-0.2, 0) is 22.7 Å². The van der Waals surface area contributed by atoms with Crippen LogP contribution in [0.4, 0.5) is 4.79 Å². The summed E-state index contributed by atoms with van der Waals surface area (Å²) < 4.78 is 6.80. The Morgan fingerprint density at radius 1 is 1.06 bits per heavy atom. The number of carboxylic acids is 1. The predicted molar refractivity (Wildman–Crippen MR) is 125 cm³/mol. The van der Waals surface area contributed by atoms with Crippen molar-refractivity contribution in [2.45, 2.75) is 51.4 Å². The number of carbonyl (C=O) groups is 3. The number of nitrogens with zero attached hydrogens (tertiary/aromatic N) is 1. The maximum Gasteiger partial charge on any atom is 0.412 e. The van der Waals surface area contributed by atoms with Crippen LogP contribution in [0.3, 0.4) is 0 Å². The number of aromatic nitrogens is 1. The zero-order valence-electron chi connectivity index (χ0n) is 19.0. The summed E-state index contributed by atoms with van der Waals surface area (Å²) >= 11 is 0. The molecule has 0 aliphatic carbocycles. The van der Waals surface area contributed by atoms with Gasteiger partial charge in [-0.1, -0.05) is 30.3 Å². The summed E-state index contributed by atoms with van der Waals surface area (Å²) in [6, 6.07) is 11.8. The van der Waals surface area contributed by atoms with E-state index in [1.165, 1.54) is 12.1 Å². The Morgan fingerprint density at radius 2 is 1.71 bits per heavy atom. The first kappa shape index (κ1) is 31.1. The molecule has 188 valence electrons. The minimum absolute atomic E-state index is 0. The molecule has 0 bridgehead atoms. The molecule has 1 aromatic carbocycles. The molecule has 1 aromatic heterocycles. The van der Waals surface area contributed by atoms with Gasteiger partial charge in [-0.25, -0.2) is 9.59 Å². The van der Waals surface area contributed by atoms with E-state index in [9.17, 15) is 19.5 Å². The van der Waals surface area contributed by atoms with Gasteiger partial charge >= 0.3 is 12.1 Å². The van der Waals surface area contributed by atoms with E-state index in [0.29, 0.717) is 37.8 Å². The van der Waals surface area contributed by atoms with Gasteiger partial charge in [0.05, 0.1) is 5.56 Å². The topological polar surface area (TPSA) is 135 Å². The fraction of sp³-hybridized carbons (Fsp3) is 0.391. The van der Waals surface area contributed by atoms with Crippen molar-refractivity contribution in [3.63, 3.8) is 0 Å². The van der Waals surface area contributed by atoms with Crippen molar-refractivity contribution in [2.24, 2.45) is 5.73 Å². The van der Waals surface area contributed by atoms with Crippen LogP contribution in [0.5, 0.6) is 0 Å². The van der Waals surface area contributed by atoms with Crippen molar-refractivity contribution in [3.8, 4) is 0 Å². The lowest BCUT2D eigenvalue weighted by molar-refractivity contribution is -0.727. The standard InChI is InChI=1S/C23H30N4O5.2ClH/c1-17(15-18-7-3-2-4-8-18)25-23(31)32-16-27-13-10-19(11-14-27)21(28)26-20(22(29)30)9-5-6-12-24;;/h2-4,7-8,10-11,13-14,17,20H,5-6,9,12,15-16,24H2,1H3,(H2-,25,26,28,29,30,31);2*1H/t17-,20-;;/m0../s1. The Hall–Kier alpha value is -2.88. The molecule has 5 N–H and O–H groups in total. The van der Waals surface area contributed by atoms with Gasteiger partial charge in [0.15, 0.2) is 12.4 Å². The summed E-state index contributed by atoms with van der Waals surface area (Å²) in [5, 5.41) is 14.6. The van der Waals surface area contributed by atoms with E-state index < -0.39 is 24.0 Å². The van der Waals surface area contributed by atoms with Gasteiger partial charge in [-0.15, -0.1) is 12.4 Å². The number of nitrogens with two attached hydrogens (primary N) is 1. The summed E-state index contributed by atoms with van der Waals surface area (Å²) in [5.74, 6) is -1.56. The van der Waals surface area contributed by atoms with Crippen LogP contribution < -0.4 is 33.3 Å². The normalized spacial score (nSPS) is 11.7. The first-order valence-corrected chi connectivity index (χ1v) is 10.6. The lowest BCUT2D eigenvalue weighted by atomic mass is 10.1. The van der Waals surface area contributed by atoms with E-state index >= 15 is 0 Å². The summed E-state index contributed by atoms with van der Waals surface area (Å²) in [7, 11) is 0. The molecule has 1 heterocycles. The average molecular weight is 515 g/mol. The first-order valence-electron chi connectivity index (χ1n) is 10.6. The zero-order valence-corrected chi connectivity index (χ0v) is 20.6. The van der Waals surface area contributed by atoms with Gasteiger partial charge in [-0.3, -0.25) is 4.79 Å². The molecule has 2 rings (SSSR count). The van der Waals surface area contributed by atoms with Crippen molar-refractivity contribution in [1.82, 2.24) is 10.6 Å². The molecule has 2 aromatic rings. The van der Waals surface area contributed by atoms with Gasteiger partial charge < -0.3 is 38.6 Å². The number of nitrogens with one attached hydrogen (secondary N) is 2. The van der Waals surface area contributed by atoms with Crippen LogP contribution in [-0.4, -0.2) is 41.7 Å². The summed E-state index contributed by atoms with van der Waals surface area (Å²) in [5.41, 5.74) is 6.85. The molecule has 9 nitrogen and oxygen atoms in total. The van der Waals surface area contributed by atoms with E-state index in [2.05, 4.69) is 10.6 Å². The third-order valence-electron chi connectivity index (χ3n) is 4.80. The highest BCUT2D eigenvalue weighted by atomic mass is 35.5. The van der Waals surface area contributed by atoms with Crippen LogP contribution in [0.1, 0.15) is 42.1 Å². The van der Waals surface area contributed by atoms with Crippen LogP contribution in [0, 0.1) is 0 Å². The quantitative estimate of drug-likeness (QED) is 0.212. The Bertz CT molecular complexity index is 885. The molecule has 0 aliphatic heterocycles. The molecule has 0 unspecified atom stereocenters. The summed E-state index contributed by atoms with van der Waals surface area (Å²) in [6.45, 7) is 2.35. The van der Waals surface area contributed by atoms with Crippen LogP contribution >= 0.6 is 12.4 Å². The number of unbranched alkanes of at least 4 members (excludes halogenated alkanes) is 1. The van der Waals surface area contributed by atoms with Crippen LogP contribution in [0.25, 0.3) is 0 Å². The molecule has 0 radical (unpaired) electrons. The highest BCUT2D eigenvalue weighted by Crippen LogP contribution is 2.04. The van der Waals surface area contributed by atoms with E-state index in [1.807, 2.05) is 37.3 Å². The van der Waals surface area contributed by atoms with Crippen molar-refractivity contribution in [2.75, 3.05) is 6.54 Å². The molecule has 0 spiro atoms. The SMILES string of the molecule is C[C@@H](Cc1ccccc1)NC(=O)OC[n+]1ccc(C(=O)N[C@@H](CCCCN)C(=O)O)cc1.Cl.[Cl-].